The van der Waals surface area contributed by atoms with Crippen LogP contribution in [0.25, 0.3) is 0 Å². The molecule has 0 unspecified atom stereocenters. The minimum absolute atomic E-state index is 0.0601. The highest BCUT2D eigenvalue weighted by molar-refractivity contribution is 9.10. The van der Waals surface area contributed by atoms with Crippen molar-refractivity contribution in [3.63, 3.8) is 0 Å². The number of ether oxygens (including phenoxy) is 1. The molecule has 0 aliphatic carbocycles. The lowest BCUT2D eigenvalue weighted by atomic mass is 10.3. The van der Waals surface area contributed by atoms with Gasteiger partial charge >= 0.3 is 0 Å². The Morgan fingerprint density at radius 3 is 2.88 bits per heavy atom. The Bertz CT molecular complexity index is 332. The highest BCUT2D eigenvalue weighted by Crippen LogP contribution is 2.19. The van der Waals surface area contributed by atoms with Crippen molar-refractivity contribution in [1.29, 1.82) is 0 Å². The van der Waals surface area contributed by atoms with Crippen LogP contribution in [-0.4, -0.2) is 42.2 Å². The van der Waals surface area contributed by atoms with Crippen LogP contribution in [0.15, 0.2) is 16.7 Å². The van der Waals surface area contributed by atoms with Crippen LogP contribution in [0.2, 0.25) is 0 Å². The molecule has 0 spiro atoms. The van der Waals surface area contributed by atoms with E-state index in [4.69, 9.17) is 9.84 Å². The van der Waals surface area contributed by atoms with Crippen molar-refractivity contribution in [3.05, 3.63) is 22.3 Å². The van der Waals surface area contributed by atoms with Crippen LogP contribution >= 0.6 is 15.9 Å². The van der Waals surface area contributed by atoms with Crippen LogP contribution < -0.4 is 4.74 Å². The Balaban J connectivity index is 2.47. The average molecular weight is 289 g/mol. The predicted molar refractivity (Wildman–Crippen MR) is 66.5 cm³/mol. The number of nitrogens with zero attached hydrogens (tertiary/aromatic N) is 2. The van der Waals surface area contributed by atoms with Gasteiger partial charge in [0.05, 0.1) is 13.2 Å². The van der Waals surface area contributed by atoms with E-state index in [1.165, 1.54) is 0 Å². The predicted octanol–water partition coefficient (Wildman–Crippen LogP) is 1.67. The van der Waals surface area contributed by atoms with Crippen LogP contribution in [0.1, 0.15) is 12.0 Å². The van der Waals surface area contributed by atoms with Gasteiger partial charge in [-0.1, -0.05) is 0 Å². The fourth-order valence-electron chi connectivity index (χ4n) is 1.26. The lowest BCUT2D eigenvalue weighted by Crippen LogP contribution is -2.16. The largest absolute Gasteiger partial charge is 0.477 e. The maximum Gasteiger partial charge on any atom is 0.218 e. The van der Waals surface area contributed by atoms with Gasteiger partial charge in [-0.2, -0.15) is 0 Å². The zero-order chi connectivity index (χ0) is 12.0. The van der Waals surface area contributed by atoms with Gasteiger partial charge in [0, 0.05) is 22.8 Å². The molecule has 0 saturated heterocycles. The molecule has 5 heteroatoms. The van der Waals surface area contributed by atoms with E-state index in [1.807, 2.05) is 20.2 Å². The lowest BCUT2D eigenvalue weighted by molar-refractivity contribution is 0.247. The number of aliphatic hydroxyl groups excluding tert-OH is 1. The number of pyridine rings is 1. The first kappa shape index (κ1) is 13.4. The summed E-state index contributed by atoms with van der Waals surface area (Å²) >= 11 is 3.30. The summed E-state index contributed by atoms with van der Waals surface area (Å²) in [6.07, 6.45) is 2.61. The second kappa shape index (κ2) is 6.83. The van der Waals surface area contributed by atoms with Gasteiger partial charge in [-0.05, 0) is 42.5 Å². The van der Waals surface area contributed by atoms with E-state index in [1.54, 1.807) is 6.20 Å². The van der Waals surface area contributed by atoms with Crippen molar-refractivity contribution in [2.45, 2.75) is 13.0 Å². The molecule has 0 radical (unpaired) electrons. The summed E-state index contributed by atoms with van der Waals surface area (Å²) in [5, 5.41) is 9.14. The van der Waals surface area contributed by atoms with Crippen molar-refractivity contribution < 1.29 is 9.84 Å². The number of hydrogen-bond donors (Lipinski definition) is 1. The smallest absolute Gasteiger partial charge is 0.218 e. The molecule has 0 atom stereocenters. The molecule has 1 rings (SSSR count). The lowest BCUT2D eigenvalue weighted by Gasteiger charge is -2.11. The van der Waals surface area contributed by atoms with E-state index < -0.39 is 0 Å². The van der Waals surface area contributed by atoms with Crippen LogP contribution in [0.5, 0.6) is 5.88 Å². The number of aromatic nitrogens is 1. The standard InChI is InChI=1S/C11H17BrN2O2/c1-14(2)4-3-5-16-11-9(8-15)6-10(12)7-13-11/h6-7,15H,3-5,8H2,1-2H3. The van der Waals surface area contributed by atoms with E-state index in [-0.39, 0.29) is 6.61 Å². The molecule has 16 heavy (non-hydrogen) atoms. The van der Waals surface area contributed by atoms with Crippen molar-refractivity contribution in [1.82, 2.24) is 9.88 Å². The zero-order valence-electron chi connectivity index (χ0n) is 9.61. The van der Waals surface area contributed by atoms with Crippen molar-refractivity contribution in [2.75, 3.05) is 27.2 Å². The van der Waals surface area contributed by atoms with Crippen LogP contribution in [0.4, 0.5) is 0 Å². The Labute approximate surface area is 104 Å². The molecule has 0 amide bonds. The van der Waals surface area contributed by atoms with Crippen molar-refractivity contribution >= 4 is 15.9 Å². The third-order valence-electron chi connectivity index (χ3n) is 2.05. The summed E-state index contributed by atoms with van der Waals surface area (Å²) < 4.78 is 6.36. The summed E-state index contributed by atoms with van der Waals surface area (Å²) in [6, 6.07) is 1.81. The van der Waals surface area contributed by atoms with E-state index in [2.05, 4.69) is 25.8 Å². The molecule has 1 aromatic heterocycles. The highest BCUT2D eigenvalue weighted by Gasteiger charge is 2.05. The molecular weight excluding hydrogens is 272 g/mol. The van der Waals surface area contributed by atoms with E-state index >= 15 is 0 Å². The summed E-state index contributed by atoms with van der Waals surface area (Å²) in [5.41, 5.74) is 0.708. The SMILES string of the molecule is CN(C)CCCOc1ncc(Br)cc1CO. The van der Waals surface area contributed by atoms with Crippen LogP contribution in [0, 0.1) is 0 Å². The summed E-state index contributed by atoms with van der Waals surface area (Å²) in [7, 11) is 4.05. The summed E-state index contributed by atoms with van der Waals surface area (Å²) in [4.78, 5) is 6.23. The van der Waals surface area contributed by atoms with Crippen molar-refractivity contribution in [2.24, 2.45) is 0 Å². The van der Waals surface area contributed by atoms with Gasteiger partial charge in [-0.3, -0.25) is 0 Å². The van der Waals surface area contributed by atoms with E-state index in [0.29, 0.717) is 18.1 Å². The van der Waals surface area contributed by atoms with Gasteiger partial charge in [0.15, 0.2) is 0 Å². The molecule has 0 aliphatic rings. The third kappa shape index (κ3) is 4.47. The summed E-state index contributed by atoms with van der Waals surface area (Å²) in [5.74, 6) is 0.518. The van der Waals surface area contributed by atoms with E-state index in [9.17, 15) is 0 Å². The average Bonchev–Trinajstić information content (AvgIpc) is 2.25. The molecule has 90 valence electrons. The van der Waals surface area contributed by atoms with Gasteiger partial charge in [0.1, 0.15) is 0 Å². The highest BCUT2D eigenvalue weighted by atomic mass is 79.9. The second-order valence-corrected chi connectivity index (χ2v) is 4.70. The summed E-state index contributed by atoms with van der Waals surface area (Å²) in [6.45, 7) is 1.53. The Hall–Kier alpha value is -0.650. The minimum atomic E-state index is -0.0601. The van der Waals surface area contributed by atoms with Gasteiger partial charge in [-0.15, -0.1) is 0 Å². The monoisotopic (exact) mass is 288 g/mol. The fourth-order valence-corrected chi connectivity index (χ4v) is 1.64. The number of rotatable bonds is 6. The van der Waals surface area contributed by atoms with Gasteiger partial charge in [0.25, 0.3) is 0 Å². The Kier molecular flexibility index (Phi) is 5.73. The third-order valence-corrected chi connectivity index (χ3v) is 2.48. The van der Waals surface area contributed by atoms with Crippen molar-refractivity contribution in [3.8, 4) is 5.88 Å². The Morgan fingerprint density at radius 2 is 2.25 bits per heavy atom. The number of halogens is 1. The minimum Gasteiger partial charge on any atom is -0.477 e. The molecule has 1 N–H and O–H groups in total. The van der Waals surface area contributed by atoms with Gasteiger partial charge in [-0.25, -0.2) is 4.98 Å². The molecule has 1 aromatic rings. The first-order chi connectivity index (χ1) is 7.63. The first-order valence-corrected chi connectivity index (χ1v) is 5.95. The molecule has 0 bridgehead atoms. The van der Waals surface area contributed by atoms with Gasteiger partial charge in [0.2, 0.25) is 5.88 Å². The maximum absolute atomic E-state index is 9.14. The van der Waals surface area contributed by atoms with E-state index in [0.717, 1.165) is 17.4 Å². The molecule has 1 heterocycles. The molecule has 0 aliphatic heterocycles. The fraction of sp³-hybridized carbons (Fsp3) is 0.545. The second-order valence-electron chi connectivity index (χ2n) is 3.78. The topological polar surface area (TPSA) is 45.6 Å². The number of aliphatic hydroxyl groups is 1. The van der Waals surface area contributed by atoms with Crippen LogP contribution in [0.3, 0.4) is 0 Å². The quantitative estimate of drug-likeness (QED) is 0.809. The first-order valence-electron chi connectivity index (χ1n) is 5.16. The Morgan fingerprint density at radius 1 is 1.50 bits per heavy atom. The number of hydrogen-bond acceptors (Lipinski definition) is 4. The molecule has 4 nitrogen and oxygen atoms in total. The van der Waals surface area contributed by atoms with Gasteiger partial charge < -0.3 is 14.7 Å². The molecule has 0 fully saturated rings. The molecular formula is C11H17BrN2O2. The normalized spacial score (nSPS) is 10.8. The van der Waals surface area contributed by atoms with Crippen LogP contribution in [-0.2, 0) is 6.61 Å². The zero-order valence-corrected chi connectivity index (χ0v) is 11.2. The molecule has 0 saturated carbocycles. The molecule has 0 aromatic carbocycles. The maximum atomic E-state index is 9.14.